The van der Waals surface area contributed by atoms with Gasteiger partial charge < -0.3 is 4.74 Å². The van der Waals surface area contributed by atoms with Gasteiger partial charge in [-0.1, -0.05) is 18.2 Å². The smallest absolute Gasteiger partial charge is 0.250 e. The standard InChI is InChI=1S/C12H9NO2/c14-11-6-5-9-7-8-3-1-2-4-10(8)15-12(9)13-11/h1-6H,7H2,(H,13,14). The lowest BCUT2D eigenvalue weighted by Crippen LogP contribution is -2.11. The highest BCUT2D eigenvalue weighted by Gasteiger charge is 2.16. The fourth-order valence-corrected chi connectivity index (χ4v) is 1.78. The molecule has 3 nitrogen and oxygen atoms in total. The van der Waals surface area contributed by atoms with Gasteiger partial charge in [0.25, 0.3) is 5.56 Å². The first-order valence-corrected chi connectivity index (χ1v) is 4.81. The lowest BCUT2D eigenvalue weighted by molar-refractivity contribution is 0.439. The van der Waals surface area contributed by atoms with Crippen molar-refractivity contribution in [3.63, 3.8) is 0 Å². The SMILES string of the molecule is O=c1ccc2c([nH]1)Oc1ccccc1C2. The van der Waals surface area contributed by atoms with Crippen molar-refractivity contribution in [1.29, 1.82) is 0 Å². The van der Waals surface area contributed by atoms with Crippen molar-refractivity contribution in [3.8, 4) is 11.6 Å². The fourth-order valence-electron chi connectivity index (χ4n) is 1.78. The van der Waals surface area contributed by atoms with Crippen LogP contribution in [-0.4, -0.2) is 4.98 Å². The molecule has 0 fully saturated rings. The number of nitrogens with one attached hydrogen (secondary N) is 1. The third kappa shape index (κ3) is 1.32. The summed E-state index contributed by atoms with van der Waals surface area (Å²) < 4.78 is 5.60. The molecule has 2 aromatic rings. The van der Waals surface area contributed by atoms with Crippen molar-refractivity contribution in [2.45, 2.75) is 6.42 Å². The maximum atomic E-state index is 11.1. The predicted octanol–water partition coefficient (Wildman–Crippen LogP) is 2.07. The number of ether oxygens (including phenoxy) is 1. The molecule has 0 atom stereocenters. The van der Waals surface area contributed by atoms with Crippen LogP contribution in [-0.2, 0) is 6.42 Å². The maximum Gasteiger partial charge on any atom is 0.250 e. The zero-order valence-corrected chi connectivity index (χ0v) is 7.99. The molecule has 0 saturated heterocycles. The molecule has 3 rings (SSSR count). The number of aromatic amines is 1. The molecule has 74 valence electrons. The number of aromatic nitrogens is 1. The zero-order chi connectivity index (χ0) is 10.3. The number of pyridine rings is 1. The molecule has 1 aliphatic heterocycles. The average molecular weight is 199 g/mol. The number of benzene rings is 1. The highest BCUT2D eigenvalue weighted by atomic mass is 16.5. The van der Waals surface area contributed by atoms with E-state index in [1.165, 1.54) is 6.07 Å². The normalized spacial score (nSPS) is 12.5. The summed E-state index contributed by atoms with van der Waals surface area (Å²) in [5.41, 5.74) is 2.04. The minimum Gasteiger partial charge on any atom is -0.440 e. The molecule has 0 saturated carbocycles. The Morgan fingerprint density at radius 3 is 2.87 bits per heavy atom. The minimum absolute atomic E-state index is 0.131. The van der Waals surface area contributed by atoms with Crippen LogP contribution in [0.4, 0.5) is 0 Å². The Bertz CT molecular complexity index is 572. The molecular weight excluding hydrogens is 190 g/mol. The van der Waals surface area contributed by atoms with Crippen molar-refractivity contribution >= 4 is 0 Å². The van der Waals surface area contributed by atoms with Crippen LogP contribution in [0, 0.1) is 0 Å². The lowest BCUT2D eigenvalue weighted by Gasteiger charge is -2.18. The summed E-state index contributed by atoms with van der Waals surface area (Å²) >= 11 is 0. The van der Waals surface area contributed by atoms with Gasteiger partial charge in [-0.05, 0) is 17.7 Å². The van der Waals surface area contributed by atoms with Crippen LogP contribution in [0.3, 0.4) is 0 Å². The van der Waals surface area contributed by atoms with E-state index < -0.39 is 0 Å². The number of H-pyrrole nitrogens is 1. The summed E-state index contributed by atoms with van der Waals surface area (Å²) in [5, 5.41) is 0. The number of rotatable bonds is 0. The Kier molecular flexibility index (Phi) is 1.65. The fraction of sp³-hybridized carbons (Fsp3) is 0.0833. The van der Waals surface area contributed by atoms with Gasteiger partial charge in [0.1, 0.15) is 5.75 Å². The molecule has 0 radical (unpaired) electrons. The summed E-state index contributed by atoms with van der Waals surface area (Å²) in [4.78, 5) is 13.8. The second-order valence-electron chi connectivity index (χ2n) is 3.56. The van der Waals surface area contributed by atoms with Gasteiger partial charge in [0.15, 0.2) is 0 Å². The summed E-state index contributed by atoms with van der Waals surface area (Å²) in [7, 11) is 0. The van der Waals surface area contributed by atoms with Gasteiger partial charge in [-0.2, -0.15) is 0 Å². The van der Waals surface area contributed by atoms with Gasteiger partial charge in [-0.25, -0.2) is 0 Å². The molecule has 0 unspecified atom stereocenters. The Balaban J connectivity index is 2.15. The maximum absolute atomic E-state index is 11.1. The van der Waals surface area contributed by atoms with Gasteiger partial charge in [0, 0.05) is 18.1 Å². The summed E-state index contributed by atoms with van der Waals surface area (Å²) in [5.74, 6) is 1.40. The van der Waals surface area contributed by atoms with E-state index in [2.05, 4.69) is 4.98 Å². The third-order valence-electron chi connectivity index (χ3n) is 2.53. The van der Waals surface area contributed by atoms with Crippen molar-refractivity contribution in [3.05, 3.63) is 57.9 Å². The molecule has 1 aliphatic rings. The third-order valence-corrected chi connectivity index (χ3v) is 2.53. The minimum atomic E-state index is -0.131. The van der Waals surface area contributed by atoms with E-state index in [0.29, 0.717) is 5.88 Å². The number of hydrogen-bond donors (Lipinski definition) is 1. The Morgan fingerprint density at radius 2 is 1.93 bits per heavy atom. The molecule has 3 heteroatoms. The van der Waals surface area contributed by atoms with E-state index in [1.54, 1.807) is 0 Å². The highest BCUT2D eigenvalue weighted by Crippen LogP contribution is 2.33. The zero-order valence-electron chi connectivity index (χ0n) is 7.99. The van der Waals surface area contributed by atoms with E-state index >= 15 is 0 Å². The second-order valence-corrected chi connectivity index (χ2v) is 3.56. The first-order valence-electron chi connectivity index (χ1n) is 4.81. The Hall–Kier alpha value is -2.03. The molecule has 0 spiro atoms. The second kappa shape index (κ2) is 2.98. The monoisotopic (exact) mass is 199 g/mol. The predicted molar refractivity (Wildman–Crippen MR) is 56.4 cm³/mol. The molecule has 15 heavy (non-hydrogen) atoms. The van der Waals surface area contributed by atoms with Gasteiger partial charge in [0.05, 0.1) is 0 Å². The van der Waals surface area contributed by atoms with Crippen LogP contribution in [0.2, 0.25) is 0 Å². The molecule has 0 bridgehead atoms. The van der Waals surface area contributed by atoms with Crippen molar-refractivity contribution < 1.29 is 4.74 Å². The van der Waals surface area contributed by atoms with Crippen molar-refractivity contribution in [2.75, 3.05) is 0 Å². The summed E-state index contributed by atoms with van der Waals surface area (Å²) in [6.07, 6.45) is 0.808. The summed E-state index contributed by atoms with van der Waals surface area (Å²) in [6.45, 7) is 0. The van der Waals surface area contributed by atoms with Gasteiger partial charge >= 0.3 is 0 Å². The van der Waals surface area contributed by atoms with Crippen LogP contribution < -0.4 is 10.3 Å². The quantitative estimate of drug-likeness (QED) is 0.602. The number of hydrogen-bond acceptors (Lipinski definition) is 2. The van der Waals surface area contributed by atoms with E-state index in [0.717, 1.165) is 23.3 Å². The van der Waals surface area contributed by atoms with Crippen LogP contribution in [0.5, 0.6) is 11.6 Å². The molecule has 0 aliphatic carbocycles. The van der Waals surface area contributed by atoms with E-state index in [-0.39, 0.29) is 5.56 Å². The van der Waals surface area contributed by atoms with Crippen LogP contribution in [0.1, 0.15) is 11.1 Å². The number of para-hydroxylation sites is 1. The molecular formula is C12H9NO2. The average Bonchev–Trinajstić information content (AvgIpc) is 2.26. The van der Waals surface area contributed by atoms with Crippen LogP contribution >= 0.6 is 0 Å². The van der Waals surface area contributed by atoms with Gasteiger partial charge in [-0.3, -0.25) is 9.78 Å². The first kappa shape index (κ1) is 8.29. The largest absolute Gasteiger partial charge is 0.440 e. The lowest BCUT2D eigenvalue weighted by atomic mass is 10.0. The number of fused-ring (bicyclic) bond motifs is 2. The highest BCUT2D eigenvalue weighted by molar-refractivity contribution is 5.46. The van der Waals surface area contributed by atoms with Crippen molar-refractivity contribution in [1.82, 2.24) is 4.98 Å². The topological polar surface area (TPSA) is 42.1 Å². The Labute approximate surface area is 86.3 Å². The molecule has 1 N–H and O–H groups in total. The molecule has 2 heterocycles. The van der Waals surface area contributed by atoms with E-state index in [1.807, 2.05) is 30.3 Å². The Morgan fingerprint density at radius 1 is 1.07 bits per heavy atom. The molecule has 0 amide bonds. The van der Waals surface area contributed by atoms with Gasteiger partial charge in [0.2, 0.25) is 5.88 Å². The van der Waals surface area contributed by atoms with Gasteiger partial charge in [-0.15, -0.1) is 0 Å². The first-order chi connectivity index (χ1) is 7.33. The van der Waals surface area contributed by atoms with Crippen molar-refractivity contribution in [2.24, 2.45) is 0 Å². The molecule has 1 aromatic heterocycles. The van der Waals surface area contributed by atoms with Crippen LogP contribution in [0.25, 0.3) is 0 Å². The van der Waals surface area contributed by atoms with Crippen LogP contribution in [0.15, 0.2) is 41.2 Å². The molecule has 1 aromatic carbocycles. The van der Waals surface area contributed by atoms with E-state index in [9.17, 15) is 4.79 Å². The summed E-state index contributed by atoms with van der Waals surface area (Å²) in [6, 6.07) is 11.2. The van der Waals surface area contributed by atoms with E-state index in [4.69, 9.17) is 4.74 Å².